The van der Waals surface area contributed by atoms with Crippen LogP contribution in [0.4, 0.5) is 0 Å². The Bertz CT molecular complexity index is 914. The number of sulfone groups is 1. The average molecular weight is 394 g/mol. The Labute approximate surface area is 142 Å². The molecular weight excluding hydrogens is 382 g/mol. The van der Waals surface area contributed by atoms with E-state index in [1.165, 1.54) is 18.2 Å². The first-order valence-corrected chi connectivity index (χ1v) is 8.87. The zero-order valence-electron chi connectivity index (χ0n) is 11.8. The number of hydrogen-bond donors (Lipinski definition) is 2. The first kappa shape index (κ1) is 17.1. The maximum Gasteiger partial charge on any atom is 0.192 e. The van der Waals surface area contributed by atoms with Crippen molar-refractivity contribution in [2.24, 2.45) is 0 Å². The molecule has 0 atom stereocenters. The molecule has 0 aliphatic carbocycles. The highest BCUT2D eigenvalue weighted by Crippen LogP contribution is 2.27. The number of rotatable bonds is 4. The molecule has 5 nitrogen and oxygen atoms in total. The van der Waals surface area contributed by atoms with Gasteiger partial charge in [0, 0.05) is 4.47 Å². The fourth-order valence-electron chi connectivity index (χ4n) is 1.90. The molecule has 7 heteroatoms. The molecule has 0 aromatic heterocycles. The summed E-state index contributed by atoms with van der Waals surface area (Å²) in [5, 5.41) is 27.9. The van der Waals surface area contributed by atoms with Gasteiger partial charge in [0.15, 0.2) is 21.3 Å². The third-order valence-electron chi connectivity index (χ3n) is 2.99. The number of allylic oxidation sites excluding steroid dienone is 1. The molecule has 0 fully saturated rings. The largest absolute Gasteiger partial charge is 0.504 e. The molecule has 0 unspecified atom stereocenters. The molecule has 0 heterocycles. The Morgan fingerprint density at radius 3 is 2.52 bits per heavy atom. The van der Waals surface area contributed by atoms with Crippen molar-refractivity contribution in [2.45, 2.75) is 5.75 Å². The monoisotopic (exact) mass is 393 g/mol. The number of aromatic hydroxyl groups is 2. The maximum absolute atomic E-state index is 12.4. The minimum atomic E-state index is -3.83. The first-order valence-electron chi connectivity index (χ1n) is 6.43. The molecule has 0 saturated heterocycles. The summed E-state index contributed by atoms with van der Waals surface area (Å²) in [5.41, 5.74) is 0.851. The number of phenolic OH excluding ortho intramolecular Hbond substituents is 2. The number of hydrogen-bond acceptors (Lipinski definition) is 5. The molecule has 23 heavy (non-hydrogen) atoms. The average Bonchev–Trinajstić information content (AvgIpc) is 2.47. The first-order chi connectivity index (χ1) is 10.8. The summed E-state index contributed by atoms with van der Waals surface area (Å²) in [7, 11) is -3.83. The molecule has 118 valence electrons. The molecule has 2 N–H and O–H groups in total. The highest BCUT2D eigenvalue weighted by Gasteiger charge is 2.19. The molecule has 0 bridgehead atoms. The zero-order chi connectivity index (χ0) is 17.0. The van der Waals surface area contributed by atoms with E-state index in [0.29, 0.717) is 11.1 Å². The number of benzene rings is 2. The highest BCUT2D eigenvalue weighted by molar-refractivity contribution is 9.10. The molecule has 2 aromatic rings. The second-order valence-electron chi connectivity index (χ2n) is 4.76. The summed E-state index contributed by atoms with van der Waals surface area (Å²) < 4.78 is 25.5. The van der Waals surface area contributed by atoms with Gasteiger partial charge in [0.2, 0.25) is 0 Å². The van der Waals surface area contributed by atoms with Crippen LogP contribution in [-0.4, -0.2) is 18.6 Å². The molecular formula is C16H12BrNO4S. The van der Waals surface area contributed by atoms with Crippen LogP contribution in [0.25, 0.3) is 6.08 Å². The topological polar surface area (TPSA) is 98.4 Å². The molecule has 0 aliphatic rings. The van der Waals surface area contributed by atoms with Crippen molar-refractivity contribution in [3.63, 3.8) is 0 Å². The Morgan fingerprint density at radius 1 is 1.17 bits per heavy atom. The Morgan fingerprint density at radius 2 is 1.91 bits per heavy atom. The molecule has 0 saturated carbocycles. The van der Waals surface area contributed by atoms with E-state index in [-0.39, 0.29) is 17.3 Å². The second kappa shape index (κ2) is 6.86. The predicted molar refractivity (Wildman–Crippen MR) is 90.1 cm³/mol. The van der Waals surface area contributed by atoms with Crippen LogP contribution in [0.15, 0.2) is 51.8 Å². The van der Waals surface area contributed by atoms with Crippen molar-refractivity contribution >= 4 is 31.8 Å². The quantitative estimate of drug-likeness (QED) is 0.612. The van der Waals surface area contributed by atoms with E-state index in [0.717, 1.165) is 10.5 Å². The van der Waals surface area contributed by atoms with Crippen molar-refractivity contribution < 1.29 is 18.6 Å². The molecule has 0 spiro atoms. The zero-order valence-corrected chi connectivity index (χ0v) is 14.2. The van der Waals surface area contributed by atoms with Gasteiger partial charge in [0.1, 0.15) is 11.0 Å². The van der Waals surface area contributed by atoms with E-state index in [1.54, 1.807) is 30.3 Å². The summed E-state index contributed by atoms with van der Waals surface area (Å²) in [6, 6.07) is 12.3. The van der Waals surface area contributed by atoms with Gasteiger partial charge in [-0.2, -0.15) is 5.26 Å². The van der Waals surface area contributed by atoms with Gasteiger partial charge in [-0.25, -0.2) is 8.42 Å². The van der Waals surface area contributed by atoms with Crippen LogP contribution in [0.1, 0.15) is 11.1 Å². The van der Waals surface area contributed by atoms with Gasteiger partial charge >= 0.3 is 0 Å². The van der Waals surface area contributed by atoms with Crippen LogP contribution in [0.2, 0.25) is 0 Å². The summed E-state index contributed by atoms with van der Waals surface area (Å²) in [5.74, 6) is -1.02. The standard InChI is InChI=1S/C16H12BrNO4S/c17-13-3-1-2-12(6-13)10-23(21,22)14(9-18)7-11-4-5-15(19)16(20)8-11/h1-8,19-20H,10H2/b14-7+. The number of halogens is 1. The van der Waals surface area contributed by atoms with Gasteiger partial charge in [-0.3, -0.25) is 0 Å². The van der Waals surface area contributed by atoms with Crippen LogP contribution in [0.5, 0.6) is 11.5 Å². The Balaban J connectivity index is 2.37. The molecule has 2 rings (SSSR count). The van der Waals surface area contributed by atoms with Crippen LogP contribution in [0.3, 0.4) is 0 Å². The Kier molecular flexibility index (Phi) is 5.08. The van der Waals surface area contributed by atoms with Crippen LogP contribution >= 0.6 is 15.9 Å². The van der Waals surface area contributed by atoms with E-state index in [4.69, 9.17) is 5.26 Å². The van der Waals surface area contributed by atoms with Crippen LogP contribution in [0, 0.1) is 11.3 Å². The summed E-state index contributed by atoms with van der Waals surface area (Å²) >= 11 is 3.27. The number of phenols is 2. The molecule has 0 radical (unpaired) electrons. The lowest BCUT2D eigenvalue weighted by atomic mass is 10.2. The highest BCUT2D eigenvalue weighted by atomic mass is 79.9. The number of nitrogens with zero attached hydrogens (tertiary/aromatic N) is 1. The maximum atomic E-state index is 12.4. The van der Waals surface area contributed by atoms with E-state index < -0.39 is 14.7 Å². The van der Waals surface area contributed by atoms with Gasteiger partial charge in [-0.05, 0) is 41.5 Å². The van der Waals surface area contributed by atoms with E-state index >= 15 is 0 Å². The summed E-state index contributed by atoms with van der Waals surface area (Å²) in [4.78, 5) is -0.414. The fourth-order valence-corrected chi connectivity index (χ4v) is 3.57. The predicted octanol–water partition coefficient (Wildman–Crippen LogP) is 3.34. The SMILES string of the molecule is N#C/C(=C\c1ccc(O)c(O)c1)S(=O)(=O)Cc1cccc(Br)c1. The second-order valence-corrected chi connectivity index (χ2v) is 7.63. The van der Waals surface area contributed by atoms with Crippen molar-refractivity contribution in [1.82, 2.24) is 0 Å². The molecule has 0 aliphatic heterocycles. The van der Waals surface area contributed by atoms with Crippen molar-refractivity contribution in [3.8, 4) is 17.6 Å². The van der Waals surface area contributed by atoms with Crippen LogP contribution in [-0.2, 0) is 15.6 Å². The van der Waals surface area contributed by atoms with E-state index in [1.807, 2.05) is 0 Å². The third kappa shape index (κ3) is 4.34. The van der Waals surface area contributed by atoms with Gasteiger partial charge in [-0.15, -0.1) is 0 Å². The normalized spacial score (nSPS) is 11.9. The summed E-state index contributed by atoms with van der Waals surface area (Å²) in [6.45, 7) is 0. The smallest absolute Gasteiger partial charge is 0.192 e. The molecule has 2 aromatic carbocycles. The minimum absolute atomic E-state index is 0.301. The fraction of sp³-hybridized carbons (Fsp3) is 0.0625. The van der Waals surface area contributed by atoms with Gasteiger partial charge in [-0.1, -0.05) is 34.1 Å². The Hall–Kier alpha value is -2.30. The van der Waals surface area contributed by atoms with Crippen molar-refractivity contribution in [3.05, 3.63) is 63.0 Å². The van der Waals surface area contributed by atoms with Crippen molar-refractivity contribution in [1.29, 1.82) is 5.26 Å². The number of nitriles is 1. The summed E-state index contributed by atoms with van der Waals surface area (Å²) in [6.07, 6.45) is 1.16. The lowest BCUT2D eigenvalue weighted by Gasteiger charge is -2.05. The van der Waals surface area contributed by atoms with Crippen molar-refractivity contribution in [2.75, 3.05) is 0 Å². The lowest BCUT2D eigenvalue weighted by Crippen LogP contribution is -2.06. The van der Waals surface area contributed by atoms with Gasteiger partial charge in [0.05, 0.1) is 5.75 Å². The van der Waals surface area contributed by atoms with Crippen LogP contribution < -0.4 is 0 Å². The van der Waals surface area contributed by atoms with Gasteiger partial charge < -0.3 is 10.2 Å². The van der Waals surface area contributed by atoms with E-state index in [9.17, 15) is 18.6 Å². The lowest BCUT2D eigenvalue weighted by molar-refractivity contribution is 0.403. The van der Waals surface area contributed by atoms with E-state index in [2.05, 4.69) is 15.9 Å². The third-order valence-corrected chi connectivity index (χ3v) is 5.07. The van der Waals surface area contributed by atoms with Gasteiger partial charge in [0.25, 0.3) is 0 Å². The minimum Gasteiger partial charge on any atom is -0.504 e. The molecule has 0 amide bonds.